The number of ether oxygens (including phenoxy) is 2. The van der Waals surface area contributed by atoms with Gasteiger partial charge in [-0.3, -0.25) is 4.79 Å². The molecule has 1 unspecified atom stereocenters. The summed E-state index contributed by atoms with van der Waals surface area (Å²) in [7, 11) is 3.05. The van der Waals surface area contributed by atoms with Crippen LogP contribution in [0.25, 0.3) is 0 Å². The van der Waals surface area contributed by atoms with Crippen LogP contribution in [-0.2, 0) is 23.0 Å². The van der Waals surface area contributed by atoms with Crippen molar-refractivity contribution in [3.63, 3.8) is 0 Å². The lowest BCUT2D eigenvalue weighted by Gasteiger charge is -2.15. The number of thiophene rings is 1. The predicted octanol–water partition coefficient (Wildman–Crippen LogP) is 4.89. The highest BCUT2D eigenvalue weighted by Crippen LogP contribution is 2.31. The number of rotatable bonds is 9. The molecular weight excluding hydrogens is 491 g/mol. The second kappa shape index (κ2) is 11.0. The number of anilines is 1. The van der Waals surface area contributed by atoms with Crippen molar-refractivity contribution in [2.24, 2.45) is 7.05 Å². The molecule has 1 atom stereocenters. The maximum atomic E-state index is 13.2. The summed E-state index contributed by atoms with van der Waals surface area (Å²) in [5, 5.41) is 12.2. The molecule has 3 rings (SSSR count). The Balaban J connectivity index is 1.63. The normalized spacial score (nSPS) is 11.8. The van der Waals surface area contributed by atoms with Crippen LogP contribution in [-0.4, -0.2) is 39.5 Å². The van der Waals surface area contributed by atoms with Crippen LogP contribution in [0, 0.1) is 5.82 Å². The summed E-state index contributed by atoms with van der Waals surface area (Å²) < 4.78 is 25.5. The molecule has 0 saturated heterocycles. The molecule has 12 heteroatoms. The van der Waals surface area contributed by atoms with Crippen molar-refractivity contribution in [3.05, 3.63) is 51.4 Å². The van der Waals surface area contributed by atoms with E-state index in [0.29, 0.717) is 27.3 Å². The van der Waals surface area contributed by atoms with Gasteiger partial charge in [0, 0.05) is 11.9 Å². The van der Waals surface area contributed by atoms with Gasteiger partial charge in [-0.15, -0.1) is 21.5 Å². The summed E-state index contributed by atoms with van der Waals surface area (Å²) in [6.07, 6.45) is 0.222. The summed E-state index contributed by atoms with van der Waals surface area (Å²) in [5.41, 5.74) is 0.337. The molecule has 1 aromatic carbocycles. The number of thioether (sulfide) groups is 1. The number of nitrogens with zero attached hydrogens (tertiary/aromatic N) is 3. The van der Waals surface area contributed by atoms with Crippen LogP contribution in [0.15, 0.2) is 29.4 Å². The lowest BCUT2D eigenvalue weighted by atomic mass is 10.2. The van der Waals surface area contributed by atoms with Crippen LogP contribution >= 0.6 is 34.7 Å². The van der Waals surface area contributed by atoms with E-state index in [2.05, 4.69) is 15.5 Å². The fraction of sp³-hybridized carbons (Fsp3) is 0.333. The first kappa shape index (κ1) is 25.0. The van der Waals surface area contributed by atoms with Crippen molar-refractivity contribution >= 4 is 51.6 Å². The van der Waals surface area contributed by atoms with Crippen molar-refractivity contribution in [3.8, 4) is 5.75 Å². The molecule has 1 amide bonds. The molecule has 0 aliphatic carbocycles. The van der Waals surface area contributed by atoms with Gasteiger partial charge in [-0.1, -0.05) is 30.3 Å². The average molecular weight is 513 g/mol. The minimum Gasteiger partial charge on any atom is -0.481 e. The first-order valence-electron chi connectivity index (χ1n) is 9.88. The number of methoxy groups -OCH3 is 1. The predicted molar refractivity (Wildman–Crippen MR) is 126 cm³/mol. The zero-order valence-corrected chi connectivity index (χ0v) is 20.7. The van der Waals surface area contributed by atoms with Gasteiger partial charge in [0.25, 0.3) is 0 Å². The molecule has 3 aromatic rings. The Morgan fingerprint density at radius 2 is 2.09 bits per heavy atom. The number of hydrogen-bond donors (Lipinski definition) is 1. The smallest absolute Gasteiger partial charge is 0.340 e. The summed E-state index contributed by atoms with van der Waals surface area (Å²) in [6, 6.07) is 5.60. The monoisotopic (exact) mass is 512 g/mol. The number of carbonyl (C=O) groups excluding carboxylic acids is 2. The Kier molecular flexibility index (Phi) is 8.33. The third-order valence-electron chi connectivity index (χ3n) is 4.55. The number of esters is 1. The quantitative estimate of drug-likeness (QED) is 0.322. The number of aryl methyl sites for hydroxylation is 1. The van der Waals surface area contributed by atoms with E-state index >= 15 is 0 Å². The Morgan fingerprint density at radius 1 is 1.33 bits per heavy atom. The molecule has 0 saturated carbocycles. The van der Waals surface area contributed by atoms with Crippen molar-refractivity contribution in [2.45, 2.75) is 31.5 Å². The number of hydrogen-bond acceptors (Lipinski definition) is 8. The van der Waals surface area contributed by atoms with Gasteiger partial charge in [-0.25, -0.2) is 9.18 Å². The van der Waals surface area contributed by atoms with E-state index in [-0.39, 0.29) is 16.7 Å². The number of amides is 1. The highest BCUT2D eigenvalue weighted by molar-refractivity contribution is 7.99. The molecule has 2 heterocycles. The van der Waals surface area contributed by atoms with Gasteiger partial charge in [-0.05, 0) is 37.6 Å². The van der Waals surface area contributed by atoms with Crippen LogP contribution in [0.4, 0.5) is 9.39 Å². The van der Waals surface area contributed by atoms with Gasteiger partial charge in [0.2, 0.25) is 5.91 Å². The Bertz CT molecular complexity index is 1170. The van der Waals surface area contributed by atoms with Crippen molar-refractivity contribution in [2.75, 3.05) is 18.2 Å². The third kappa shape index (κ3) is 6.04. The minimum atomic E-state index is -0.519. The number of halogens is 2. The number of benzene rings is 1. The summed E-state index contributed by atoms with van der Waals surface area (Å²) >= 11 is 8.56. The number of carbonyl (C=O) groups is 2. The van der Waals surface area contributed by atoms with Gasteiger partial charge in [0.15, 0.2) is 17.1 Å². The van der Waals surface area contributed by atoms with E-state index < -0.39 is 17.9 Å². The second-order valence-corrected chi connectivity index (χ2v) is 9.36. The first-order valence-corrected chi connectivity index (χ1v) is 12.1. The Morgan fingerprint density at radius 3 is 2.76 bits per heavy atom. The zero-order chi connectivity index (χ0) is 24.1. The van der Waals surface area contributed by atoms with Gasteiger partial charge >= 0.3 is 5.97 Å². The lowest BCUT2D eigenvalue weighted by molar-refractivity contribution is -0.113. The minimum absolute atomic E-state index is 0.0605. The largest absolute Gasteiger partial charge is 0.481 e. The summed E-state index contributed by atoms with van der Waals surface area (Å²) in [4.78, 5) is 25.4. The molecule has 176 valence electrons. The molecule has 33 heavy (non-hydrogen) atoms. The van der Waals surface area contributed by atoms with Gasteiger partial charge < -0.3 is 19.4 Å². The Labute approximate surface area is 203 Å². The third-order valence-corrected chi connectivity index (χ3v) is 7.06. The molecule has 0 radical (unpaired) electrons. The number of aromatic nitrogens is 3. The van der Waals surface area contributed by atoms with Crippen LogP contribution < -0.4 is 10.1 Å². The van der Waals surface area contributed by atoms with Gasteiger partial charge in [0.05, 0.1) is 23.4 Å². The fourth-order valence-electron chi connectivity index (χ4n) is 2.88. The highest BCUT2D eigenvalue weighted by atomic mass is 35.5. The molecule has 2 aromatic heterocycles. The lowest BCUT2D eigenvalue weighted by Crippen LogP contribution is -2.16. The molecule has 0 fully saturated rings. The van der Waals surface area contributed by atoms with Crippen LogP contribution in [0.3, 0.4) is 0 Å². The first-order chi connectivity index (χ1) is 15.7. The maximum absolute atomic E-state index is 13.2. The van der Waals surface area contributed by atoms with Crippen molar-refractivity contribution in [1.82, 2.24) is 14.8 Å². The van der Waals surface area contributed by atoms with E-state index in [1.165, 1.54) is 48.4 Å². The standard InChI is InChI=1S/C21H22ClFN4O4S2/c1-5-13-9-14(20(29)30-4)19(33-13)24-17(28)10-32-21-26-25-18(27(21)3)11(2)31-16-7-6-12(23)8-15(16)22/h6-9,11H,5,10H2,1-4H3,(H,24,28). The molecule has 0 bridgehead atoms. The van der Waals surface area contributed by atoms with E-state index in [4.69, 9.17) is 21.1 Å². The van der Waals surface area contributed by atoms with Crippen molar-refractivity contribution < 1.29 is 23.5 Å². The van der Waals surface area contributed by atoms with Gasteiger partial charge in [-0.2, -0.15) is 0 Å². The summed E-state index contributed by atoms with van der Waals surface area (Å²) in [6.45, 7) is 3.73. The second-order valence-electron chi connectivity index (χ2n) is 6.87. The van der Waals surface area contributed by atoms with E-state index in [9.17, 15) is 14.0 Å². The molecule has 8 nitrogen and oxygen atoms in total. The summed E-state index contributed by atoms with van der Waals surface area (Å²) in [5.74, 6) is -0.347. The molecule has 0 spiro atoms. The SMILES string of the molecule is CCc1cc(C(=O)OC)c(NC(=O)CSc2nnc(C(C)Oc3ccc(F)cc3Cl)n2C)s1. The van der Waals surface area contributed by atoms with E-state index in [0.717, 1.165) is 11.3 Å². The molecular formula is C21H22ClFN4O4S2. The maximum Gasteiger partial charge on any atom is 0.340 e. The van der Waals surface area contributed by atoms with E-state index in [1.807, 2.05) is 6.92 Å². The zero-order valence-electron chi connectivity index (χ0n) is 18.3. The molecule has 0 aliphatic heterocycles. The average Bonchev–Trinajstić information content (AvgIpc) is 3.36. The van der Waals surface area contributed by atoms with Crippen LogP contribution in [0.2, 0.25) is 5.02 Å². The molecule has 1 N–H and O–H groups in total. The van der Waals surface area contributed by atoms with Crippen molar-refractivity contribution in [1.29, 1.82) is 0 Å². The van der Waals surface area contributed by atoms with E-state index in [1.54, 1.807) is 24.6 Å². The highest BCUT2D eigenvalue weighted by Gasteiger charge is 2.21. The van der Waals surface area contributed by atoms with Crippen LogP contribution in [0.1, 0.15) is 41.0 Å². The molecule has 0 aliphatic rings. The van der Waals surface area contributed by atoms with Gasteiger partial charge in [0.1, 0.15) is 16.6 Å². The fourth-order valence-corrected chi connectivity index (χ4v) is 4.81. The number of nitrogens with one attached hydrogen (secondary N) is 1. The Hall–Kier alpha value is -2.63. The van der Waals surface area contributed by atoms with Crippen LogP contribution in [0.5, 0.6) is 5.75 Å². The topological polar surface area (TPSA) is 95.3 Å².